The number of carbonyl (C=O) groups excluding carboxylic acids is 1. The lowest BCUT2D eigenvalue weighted by Crippen LogP contribution is -2.41. The maximum Gasteiger partial charge on any atom is 0.308 e. The Morgan fingerprint density at radius 2 is 2.04 bits per heavy atom. The van der Waals surface area contributed by atoms with Crippen LogP contribution in [0.4, 0.5) is 5.69 Å². The lowest BCUT2D eigenvalue weighted by Gasteiger charge is -2.18. The van der Waals surface area contributed by atoms with E-state index >= 15 is 0 Å². The Morgan fingerprint density at radius 1 is 1.35 bits per heavy atom. The minimum Gasteiger partial charge on any atom is -0.481 e. The lowest BCUT2D eigenvalue weighted by atomic mass is 10.0. The van der Waals surface area contributed by atoms with Crippen LogP contribution in [0.2, 0.25) is 0 Å². The van der Waals surface area contributed by atoms with Crippen LogP contribution in [-0.2, 0) is 16.1 Å². The fourth-order valence-corrected chi connectivity index (χ4v) is 2.23. The molecule has 0 aliphatic carbocycles. The fourth-order valence-electron chi connectivity index (χ4n) is 2.23. The van der Waals surface area contributed by atoms with Gasteiger partial charge in [0.2, 0.25) is 5.91 Å². The van der Waals surface area contributed by atoms with E-state index in [-0.39, 0.29) is 18.1 Å². The second-order valence-electron chi connectivity index (χ2n) is 5.43. The van der Waals surface area contributed by atoms with Gasteiger partial charge in [-0.2, -0.15) is 0 Å². The van der Waals surface area contributed by atoms with Crippen LogP contribution < -0.4 is 5.32 Å². The topological polar surface area (TPSA) is 114 Å². The van der Waals surface area contributed by atoms with Gasteiger partial charge in [0.25, 0.3) is 5.69 Å². The Balaban J connectivity index is 2.11. The van der Waals surface area contributed by atoms with Crippen molar-refractivity contribution in [2.75, 3.05) is 0 Å². The van der Waals surface area contributed by atoms with Crippen molar-refractivity contribution in [1.29, 1.82) is 0 Å². The number of carboxylic acids is 1. The first-order valence-corrected chi connectivity index (χ1v) is 7.05. The first-order valence-electron chi connectivity index (χ1n) is 7.05. The number of nitrogens with one attached hydrogen (secondary N) is 1. The molecule has 0 saturated heterocycles. The van der Waals surface area contributed by atoms with Crippen molar-refractivity contribution in [2.45, 2.75) is 26.4 Å². The summed E-state index contributed by atoms with van der Waals surface area (Å²) in [6, 6.07) is 5.61. The standard InChI is InChI=1S/C15H17N3O5/c1-9(15(20)21)10(2)16-14(19)8-17-6-5-11-7-12(18(22)23)3-4-13(11)17/h3-7,9-10H,8H2,1-2H3,(H,16,19)(H,20,21). The van der Waals surface area contributed by atoms with Gasteiger partial charge < -0.3 is 15.0 Å². The van der Waals surface area contributed by atoms with Gasteiger partial charge in [-0.15, -0.1) is 0 Å². The van der Waals surface area contributed by atoms with E-state index in [9.17, 15) is 19.7 Å². The van der Waals surface area contributed by atoms with E-state index in [1.165, 1.54) is 19.1 Å². The van der Waals surface area contributed by atoms with Crippen LogP contribution in [0.1, 0.15) is 13.8 Å². The molecule has 2 N–H and O–H groups in total. The van der Waals surface area contributed by atoms with Crippen LogP contribution in [0.5, 0.6) is 0 Å². The van der Waals surface area contributed by atoms with Crippen molar-refractivity contribution in [3.8, 4) is 0 Å². The molecule has 0 fully saturated rings. The van der Waals surface area contributed by atoms with Crippen molar-refractivity contribution in [1.82, 2.24) is 9.88 Å². The molecule has 8 nitrogen and oxygen atoms in total. The molecule has 2 unspecified atom stereocenters. The summed E-state index contributed by atoms with van der Waals surface area (Å²) in [7, 11) is 0. The number of amides is 1. The number of aromatic nitrogens is 1. The van der Waals surface area contributed by atoms with Crippen molar-refractivity contribution in [3.05, 3.63) is 40.6 Å². The molecule has 0 bridgehead atoms. The zero-order valence-corrected chi connectivity index (χ0v) is 12.7. The van der Waals surface area contributed by atoms with Gasteiger partial charge in [-0.1, -0.05) is 0 Å². The molecular formula is C15H17N3O5. The normalized spacial score (nSPS) is 13.5. The zero-order chi connectivity index (χ0) is 17.1. The minimum atomic E-state index is -0.975. The maximum atomic E-state index is 12.0. The van der Waals surface area contributed by atoms with E-state index in [1.807, 2.05) is 0 Å². The third-order valence-corrected chi connectivity index (χ3v) is 3.81. The molecule has 23 heavy (non-hydrogen) atoms. The van der Waals surface area contributed by atoms with Crippen LogP contribution in [0.25, 0.3) is 10.9 Å². The number of nitrogens with zero attached hydrogens (tertiary/aromatic N) is 2. The van der Waals surface area contributed by atoms with Crippen molar-refractivity contribution in [2.24, 2.45) is 5.92 Å². The van der Waals surface area contributed by atoms with Gasteiger partial charge in [0.05, 0.1) is 10.8 Å². The third kappa shape index (κ3) is 3.65. The summed E-state index contributed by atoms with van der Waals surface area (Å²) in [6.45, 7) is 3.17. The molecule has 0 aliphatic rings. The van der Waals surface area contributed by atoms with Gasteiger partial charge in [-0.3, -0.25) is 19.7 Å². The van der Waals surface area contributed by atoms with E-state index in [0.717, 1.165) is 0 Å². The smallest absolute Gasteiger partial charge is 0.308 e. The number of non-ortho nitro benzene ring substituents is 1. The minimum absolute atomic E-state index is 0.0105. The number of hydrogen-bond acceptors (Lipinski definition) is 4. The SMILES string of the molecule is CC(NC(=O)Cn1ccc2cc([N+](=O)[O-])ccc21)C(C)C(=O)O. The largest absolute Gasteiger partial charge is 0.481 e. The zero-order valence-electron chi connectivity index (χ0n) is 12.7. The number of nitro groups is 1. The number of benzene rings is 1. The van der Waals surface area contributed by atoms with Gasteiger partial charge in [0, 0.05) is 35.3 Å². The average molecular weight is 319 g/mol. The molecule has 0 aliphatic heterocycles. The van der Waals surface area contributed by atoms with Crippen molar-refractivity contribution >= 4 is 28.5 Å². The van der Waals surface area contributed by atoms with Gasteiger partial charge in [0.1, 0.15) is 6.54 Å². The van der Waals surface area contributed by atoms with E-state index in [4.69, 9.17) is 5.11 Å². The molecule has 2 aromatic rings. The molecule has 8 heteroatoms. The number of carboxylic acid groups (broad SMARTS) is 1. The third-order valence-electron chi connectivity index (χ3n) is 3.81. The summed E-state index contributed by atoms with van der Waals surface area (Å²) < 4.78 is 1.66. The molecule has 1 amide bonds. The molecular weight excluding hydrogens is 302 g/mol. The maximum absolute atomic E-state index is 12.0. The predicted octanol–water partition coefficient (Wildman–Crippen LogP) is 1.77. The van der Waals surface area contributed by atoms with E-state index < -0.39 is 22.9 Å². The van der Waals surface area contributed by atoms with Gasteiger partial charge >= 0.3 is 5.97 Å². The molecule has 1 aromatic heterocycles. The summed E-state index contributed by atoms with van der Waals surface area (Å²) in [5.74, 6) is -1.99. The van der Waals surface area contributed by atoms with Crippen molar-refractivity contribution in [3.63, 3.8) is 0 Å². The molecule has 0 spiro atoms. The number of aliphatic carboxylic acids is 1. The summed E-state index contributed by atoms with van der Waals surface area (Å²) in [6.07, 6.45) is 1.67. The molecule has 2 atom stereocenters. The van der Waals surface area contributed by atoms with Crippen LogP contribution >= 0.6 is 0 Å². The predicted molar refractivity (Wildman–Crippen MR) is 83.0 cm³/mol. The highest BCUT2D eigenvalue weighted by Gasteiger charge is 2.21. The Bertz CT molecular complexity index is 768. The second kappa shape index (κ2) is 6.47. The van der Waals surface area contributed by atoms with Crippen LogP contribution in [-0.4, -0.2) is 32.5 Å². The fraction of sp³-hybridized carbons (Fsp3) is 0.333. The Hall–Kier alpha value is -2.90. The Kier molecular flexibility index (Phi) is 4.63. The van der Waals surface area contributed by atoms with E-state index in [2.05, 4.69) is 5.32 Å². The molecule has 0 saturated carbocycles. The highest BCUT2D eigenvalue weighted by molar-refractivity contribution is 5.85. The summed E-state index contributed by atoms with van der Waals surface area (Å²) in [4.78, 5) is 33.2. The highest BCUT2D eigenvalue weighted by Crippen LogP contribution is 2.21. The van der Waals surface area contributed by atoms with Gasteiger partial charge in [0.15, 0.2) is 0 Å². The van der Waals surface area contributed by atoms with Crippen LogP contribution in [0.3, 0.4) is 0 Å². The molecule has 1 heterocycles. The molecule has 1 aromatic carbocycles. The van der Waals surface area contributed by atoms with Crippen LogP contribution in [0.15, 0.2) is 30.5 Å². The van der Waals surface area contributed by atoms with Crippen molar-refractivity contribution < 1.29 is 19.6 Å². The number of carbonyl (C=O) groups is 2. The molecule has 0 radical (unpaired) electrons. The molecule has 122 valence electrons. The quantitative estimate of drug-likeness (QED) is 0.622. The average Bonchev–Trinajstić information content (AvgIpc) is 2.88. The summed E-state index contributed by atoms with van der Waals surface area (Å²) in [5, 5.41) is 23.0. The second-order valence-corrected chi connectivity index (χ2v) is 5.43. The summed E-state index contributed by atoms with van der Waals surface area (Å²) >= 11 is 0. The number of fused-ring (bicyclic) bond motifs is 1. The van der Waals surface area contributed by atoms with E-state index in [1.54, 1.807) is 29.8 Å². The Morgan fingerprint density at radius 3 is 2.65 bits per heavy atom. The first kappa shape index (κ1) is 16.5. The van der Waals surface area contributed by atoms with Crippen LogP contribution in [0, 0.1) is 16.0 Å². The van der Waals surface area contributed by atoms with E-state index in [0.29, 0.717) is 10.9 Å². The summed E-state index contributed by atoms with van der Waals surface area (Å²) in [5.41, 5.74) is 0.688. The number of nitro benzene ring substituents is 1. The highest BCUT2D eigenvalue weighted by atomic mass is 16.6. The number of hydrogen-bond donors (Lipinski definition) is 2. The monoisotopic (exact) mass is 319 g/mol. The first-order chi connectivity index (χ1) is 10.8. The Labute approximate surface area is 131 Å². The van der Waals surface area contributed by atoms with Gasteiger partial charge in [-0.05, 0) is 26.0 Å². The lowest BCUT2D eigenvalue weighted by molar-refractivity contribution is -0.384. The number of rotatable bonds is 6. The van der Waals surface area contributed by atoms with Gasteiger partial charge in [-0.25, -0.2) is 0 Å². The molecule has 2 rings (SSSR count).